The second-order valence-corrected chi connectivity index (χ2v) is 7.96. The number of anilines is 1. The van der Waals surface area contributed by atoms with Crippen LogP contribution in [0.2, 0.25) is 0 Å². The van der Waals surface area contributed by atoms with Crippen LogP contribution in [0.25, 0.3) is 0 Å². The smallest absolute Gasteiger partial charge is 0.191 e. The molecule has 2 aromatic carbocycles. The summed E-state index contributed by atoms with van der Waals surface area (Å²) in [7, 11) is 0. The Morgan fingerprint density at radius 3 is 2.53 bits per heavy atom. The molecule has 1 aliphatic heterocycles. The van der Waals surface area contributed by atoms with Crippen LogP contribution in [0.3, 0.4) is 0 Å². The van der Waals surface area contributed by atoms with E-state index in [0.717, 1.165) is 5.56 Å². The van der Waals surface area contributed by atoms with Crippen molar-refractivity contribution in [3.63, 3.8) is 0 Å². The fourth-order valence-electron chi connectivity index (χ4n) is 3.55. The van der Waals surface area contributed by atoms with Gasteiger partial charge in [0.05, 0.1) is 24.9 Å². The fourth-order valence-corrected chi connectivity index (χ4v) is 3.55. The first-order chi connectivity index (χ1) is 15.4. The molecule has 32 heavy (non-hydrogen) atoms. The molecule has 1 heterocycles. The quantitative estimate of drug-likeness (QED) is 0.428. The lowest BCUT2D eigenvalue weighted by atomic mass is 10.1. The molecule has 1 saturated heterocycles. The first kappa shape index (κ1) is 23.8. The van der Waals surface area contributed by atoms with Crippen LogP contribution >= 0.6 is 0 Å². The summed E-state index contributed by atoms with van der Waals surface area (Å²) < 4.78 is 33.5. The Morgan fingerprint density at radius 2 is 1.88 bits per heavy atom. The summed E-state index contributed by atoms with van der Waals surface area (Å²) in [4.78, 5) is 6.52. The zero-order chi connectivity index (χ0) is 22.9. The SMILES string of the molecule is CCNC(=NCc1ccc(N2CCC(O)CC2)c(F)c1)NCC(C)Oc1ccc(F)cc1. The highest BCUT2D eigenvalue weighted by Crippen LogP contribution is 2.24. The molecule has 0 amide bonds. The number of nitrogens with one attached hydrogen (secondary N) is 2. The van der Waals surface area contributed by atoms with Crippen molar-refractivity contribution >= 4 is 11.6 Å². The number of hydrogen-bond acceptors (Lipinski definition) is 4. The molecule has 1 unspecified atom stereocenters. The van der Waals surface area contributed by atoms with E-state index in [0.29, 0.717) is 63.0 Å². The van der Waals surface area contributed by atoms with Crippen molar-refractivity contribution in [3.8, 4) is 5.75 Å². The Balaban J connectivity index is 1.54. The lowest BCUT2D eigenvalue weighted by molar-refractivity contribution is 0.145. The number of halogens is 2. The van der Waals surface area contributed by atoms with Gasteiger partial charge in [0.25, 0.3) is 0 Å². The topological polar surface area (TPSA) is 69.1 Å². The van der Waals surface area contributed by atoms with E-state index < -0.39 is 0 Å². The number of ether oxygens (including phenoxy) is 1. The van der Waals surface area contributed by atoms with Gasteiger partial charge >= 0.3 is 0 Å². The van der Waals surface area contributed by atoms with Crippen LogP contribution < -0.4 is 20.3 Å². The largest absolute Gasteiger partial charge is 0.489 e. The summed E-state index contributed by atoms with van der Waals surface area (Å²) >= 11 is 0. The molecule has 3 N–H and O–H groups in total. The third-order valence-electron chi connectivity index (χ3n) is 5.29. The van der Waals surface area contributed by atoms with E-state index in [1.54, 1.807) is 18.2 Å². The minimum absolute atomic E-state index is 0.163. The molecule has 0 bridgehead atoms. The summed E-state index contributed by atoms with van der Waals surface area (Å²) in [5.41, 5.74) is 1.34. The number of aliphatic imine (C=N–C) groups is 1. The van der Waals surface area contributed by atoms with Gasteiger partial charge in [0.2, 0.25) is 0 Å². The molecule has 8 heteroatoms. The van der Waals surface area contributed by atoms with E-state index in [4.69, 9.17) is 4.74 Å². The highest BCUT2D eigenvalue weighted by Gasteiger charge is 2.19. The van der Waals surface area contributed by atoms with Gasteiger partial charge in [-0.25, -0.2) is 13.8 Å². The predicted octanol–water partition coefficient (Wildman–Crippen LogP) is 3.45. The zero-order valence-electron chi connectivity index (χ0n) is 18.7. The average Bonchev–Trinajstić information content (AvgIpc) is 2.78. The van der Waals surface area contributed by atoms with E-state index in [9.17, 15) is 13.9 Å². The van der Waals surface area contributed by atoms with Crippen molar-refractivity contribution in [2.45, 2.75) is 45.4 Å². The molecule has 2 aromatic rings. The molecule has 1 aliphatic rings. The van der Waals surface area contributed by atoms with Crippen molar-refractivity contribution in [3.05, 3.63) is 59.7 Å². The Morgan fingerprint density at radius 1 is 1.16 bits per heavy atom. The number of rotatable bonds is 8. The minimum Gasteiger partial charge on any atom is -0.489 e. The molecule has 0 radical (unpaired) electrons. The molecular weight excluding hydrogens is 414 g/mol. The Bertz CT molecular complexity index is 884. The van der Waals surface area contributed by atoms with Crippen molar-refractivity contribution in [2.24, 2.45) is 4.99 Å². The van der Waals surface area contributed by atoms with Crippen LogP contribution in [-0.2, 0) is 6.54 Å². The summed E-state index contributed by atoms with van der Waals surface area (Å²) in [5, 5.41) is 16.0. The van der Waals surface area contributed by atoms with Crippen molar-refractivity contribution in [1.29, 1.82) is 0 Å². The molecule has 6 nitrogen and oxygen atoms in total. The van der Waals surface area contributed by atoms with Gasteiger partial charge < -0.3 is 25.4 Å². The molecule has 1 fully saturated rings. The highest BCUT2D eigenvalue weighted by molar-refractivity contribution is 5.79. The lowest BCUT2D eigenvalue weighted by Gasteiger charge is -2.31. The molecule has 0 spiro atoms. The second kappa shape index (κ2) is 11.7. The monoisotopic (exact) mass is 446 g/mol. The number of piperidine rings is 1. The molecule has 0 saturated carbocycles. The predicted molar refractivity (Wildman–Crippen MR) is 123 cm³/mol. The third-order valence-corrected chi connectivity index (χ3v) is 5.29. The minimum atomic E-state index is -0.302. The molecule has 0 aromatic heterocycles. The van der Waals surface area contributed by atoms with E-state index in [2.05, 4.69) is 15.6 Å². The van der Waals surface area contributed by atoms with E-state index in [1.807, 2.05) is 24.8 Å². The number of aliphatic hydroxyl groups excluding tert-OH is 1. The maximum atomic E-state index is 14.7. The van der Waals surface area contributed by atoms with Crippen molar-refractivity contribution < 1.29 is 18.6 Å². The summed E-state index contributed by atoms with van der Waals surface area (Å²) in [6, 6.07) is 11.1. The van der Waals surface area contributed by atoms with E-state index >= 15 is 0 Å². The Labute approximate surface area is 188 Å². The fraction of sp³-hybridized carbons (Fsp3) is 0.458. The number of hydrogen-bond donors (Lipinski definition) is 3. The molecular formula is C24H32F2N4O2. The number of guanidine groups is 1. The molecule has 0 aliphatic carbocycles. The number of nitrogens with zero attached hydrogens (tertiary/aromatic N) is 2. The molecule has 3 rings (SSSR count). The van der Waals surface area contributed by atoms with Crippen LogP contribution in [0.15, 0.2) is 47.5 Å². The average molecular weight is 447 g/mol. The van der Waals surface area contributed by atoms with Crippen LogP contribution in [0.1, 0.15) is 32.3 Å². The van der Waals surface area contributed by atoms with Crippen LogP contribution in [0.5, 0.6) is 5.75 Å². The standard InChI is InChI=1S/C24H32F2N4O2/c1-3-27-24(28-15-17(2)32-21-7-5-19(25)6-8-21)29-16-18-4-9-23(22(26)14-18)30-12-10-20(31)11-13-30/h4-9,14,17,20,31H,3,10-13,15-16H2,1-2H3,(H2,27,28,29). The van der Waals surface area contributed by atoms with Crippen LogP contribution in [0, 0.1) is 11.6 Å². The van der Waals surface area contributed by atoms with Crippen molar-refractivity contribution in [1.82, 2.24) is 10.6 Å². The first-order valence-corrected chi connectivity index (χ1v) is 11.1. The molecule has 1 atom stereocenters. The van der Waals surface area contributed by atoms with Gasteiger partial charge in [0, 0.05) is 19.6 Å². The summed E-state index contributed by atoms with van der Waals surface area (Å²) in [6.45, 7) is 6.71. The van der Waals surface area contributed by atoms with Gasteiger partial charge in [0.15, 0.2) is 5.96 Å². The maximum absolute atomic E-state index is 14.7. The van der Waals surface area contributed by atoms with E-state index in [1.165, 1.54) is 18.2 Å². The van der Waals surface area contributed by atoms with Crippen molar-refractivity contribution in [2.75, 3.05) is 31.1 Å². The summed E-state index contributed by atoms with van der Waals surface area (Å²) in [5.74, 6) is 0.634. The maximum Gasteiger partial charge on any atom is 0.191 e. The third kappa shape index (κ3) is 7.09. The lowest BCUT2D eigenvalue weighted by Crippen LogP contribution is -2.41. The number of benzene rings is 2. The first-order valence-electron chi connectivity index (χ1n) is 11.1. The van der Waals surface area contributed by atoms with Gasteiger partial charge in [-0.1, -0.05) is 6.07 Å². The van der Waals surface area contributed by atoms with Crippen LogP contribution in [-0.4, -0.2) is 49.5 Å². The van der Waals surface area contributed by atoms with Crippen LogP contribution in [0.4, 0.5) is 14.5 Å². The molecule has 174 valence electrons. The van der Waals surface area contributed by atoms with Gasteiger partial charge in [0.1, 0.15) is 23.5 Å². The Kier molecular flexibility index (Phi) is 8.67. The van der Waals surface area contributed by atoms with E-state index in [-0.39, 0.29) is 23.8 Å². The Hall–Kier alpha value is -2.87. The number of aliphatic hydroxyl groups is 1. The zero-order valence-corrected chi connectivity index (χ0v) is 18.7. The van der Waals surface area contributed by atoms with Gasteiger partial charge in [-0.3, -0.25) is 0 Å². The normalized spacial score (nSPS) is 16.0. The van der Waals surface area contributed by atoms with Gasteiger partial charge in [-0.2, -0.15) is 0 Å². The second-order valence-electron chi connectivity index (χ2n) is 7.96. The highest BCUT2D eigenvalue weighted by atomic mass is 19.1. The van der Waals surface area contributed by atoms with Gasteiger partial charge in [-0.05, 0) is 68.7 Å². The summed E-state index contributed by atoms with van der Waals surface area (Å²) in [6.07, 6.45) is 0.867. The van der Waals surface area contributed by atoms with Gasteiger partial charge in [-0.15, -0.1) is 0 Å².